The number of carbonyl (C=O) groups excluding carboxylic acids is 2. The quantitative estimate of drug-likeness (QED) is 0.448. The fourth-order valence-corrected chi connectivity index (χ4v) is 3.87. The minimum absolute atomic E-state index is 0.0425. The van der Waals surface area contributed by atoms with Crippen LogP contribution in [0.4, 0.5) is 0 Å². The molecule has 0 N–H and O–H groups in total. The van der Waals surface area contributed by atoms with Crippen molar-refractivity contribution in [2.24, 2.45) is 0 Å². The number of rotatable bonds is 7. The summed E-state index contributed by atoms with van der Waals surface area (Å²) in [5.74, 6) is -0.0593. The van der Waals surface area contributed by atoms with Crippen molar-refractivity contribution >= 4 is 34.4 Å². The number of ether oxygens (including phenoxy) is 2. The summed E-state index contributed by atoms with van der Waals surface area (Å²) in [5.41, 5.74) is 2.16. The molecule has 2 heterocycles. The van der Waals surface area contributed by atoms with Crippen LogP contribution in [-0.2, 0) is 16.0 Å². The minimum Gasteiger partial charge on any atom is -0.497 e. The van der Waals surface area contributed by atoms with E-state index < -0.39 is 12.1 Å². The van der Waals surface area contributed by atoms with Gasteiger partial charge in [-0.3, -0.25) is 9.59 Å². The van der Waals surface area contributed by atoms with Gasteiger partial charge in [0.15, 0.2) is 6.10 Å². The SMILES string of the molecule is COc1ccc(C(=O)[C@@H](C)OC(=O)Cc2csc(-c3ccsc3)n2)cc1. The van der Waals surface area contributed by atoms with E-state index in [1.807, 2.05) is 22.2 Å². The zero-order valence-electron chi connectivity index (χ0n) is 14.3. The fourth-order valence-electron chi connectivity index (χ4n) is 2.34. The van der Waals surface area contributed by atoms with Gasteiger partial charge >= 0.3 is 5.97 Å². The number of esters is 1. The first-order valence-corrected chi connectivity index (χ1v) is 9.74. The molecule has 3 rings (SSSR count). The molecule has 0 aliphatic carbocycles. The van der Waals surface area contributed by atoms with Gasteiger partial charge in [-0.2, -0.15) is 11.3 Å². The maximum absolute atomic E-state index is 12.4. The van der Waals surface area contributed by atoms with E-state index in [4.69, 9.17) is 9.47 Å². The summed E-state index contributed by atoms with van der Waals surface area (Å²) in [6.07, 6.45) is -0.813. The normalized spacial score (nSPS) is 11.8. The van der Waals surface area contributed by atoms with E-state index in [2.05, 4.69) is 4.98 Å². The van der Waals surface area contributed by atoms with Crippen molar-refractivity contribution in [1.29, 1.82) is 0 Å². The highest BCUT2D eigenvalue weighted by Crippen LogP contribution is 2.26. The molecule has 0 saturated heterocycles. The number of nitrogens with zero attached hydrogens (tertiary/aromatic N) is 1. The van der Waals surface area contributed by atoms with E-state index in [9.17, 15) is 9.59 Å². The third-order valence-corrected chi connectivity index (χ3v) is 5.32. The van der Waals surface area contributed by atoms with E-state index in [1.165, 1.54) is 11.3 Å². The average molecular weight is 387 g/mol. The van der Waals surface area contributed by atoms with Crippen LogP contribution in [-0.4, -0.2) is 30.0 Å². The predicted molar refractivity (Wildman–Crippen MR) is 102 cm³/mol. The maximum atomic E-state index is 12.4. The Bertz CT molecular complexity index is 885. The van der Waals surface area contributed by atoms with Gasteiger partial charge in [0.25, 0.3) is 0 Å². The van der Waals surface area contributed by atoms with Crippen LogP contribution in [0, 0.1) is 0 Å². The number of Topliss-reactive ketones (excluding diaryl/α,β-unsaturated/α-hetero) is 1. The van der Waals surface area contributed by atoms with Crippen LogP contribution in [0.25, 0.3) is 10.6 Å². The van der Waals surface area contributed by atoms with Crippen molar-refractivity contribution in [1.82, 2.24) is 4.98 Å². The molecule has 5 nitrogen and oxygen atoms in total. The lowest BCUT2D eigenvalue weighted by molar-refractivity contribution is -0.145. The highest BCUT2D eigenvalue weighted by atomic mass is 32.1. The molecule has 7 heteroatoms. The monoisotopic (exact) mass is 387 g/mol. The third kappa shape index (κ3) is 4.36. The zero-order chi connectivity index (χ0) is 18.5. The van der Waals surface area contributed by atoms with Crippen molar-refractivity contribution in [3.05, 3.63) is 57.7 Å². The van der Waals surface area contributed by atoms with Crippen LogP contribution in [0.2, 0.25) is 0 Å². The van der Waals surface area contributed by atoms with E-state index in [0.29, 0.717) is 17.0 Å². The Morgan fingerprint density at radius 3 is 2.58 bits per heavy atom. The van der Waals surface area contributed by atoms with Gasteiger partial charge in [0.1, 0.15) is 10.8 Å². The van der Waals surface area contributed by atoms with Gasteiger partial charge in [0, 0.05) is 21.9 Å². The minimum atomic E-state index is -0.856. The fraction of sp³-hybridized carbons (Fsp3) is 0.211. The summed E-state index contributed by atoms with van der Waals surface area (Å²) < 4.78 is 10.3. The molecule has 26 heavy (non-hydrogen) atoms. The molecule has 0 amide bonds. The van der Waals surface area contributed by atoms with Crippen LogP contribution in [0.5, 0.6) is 5.75 Å². The number of carbonyl (C=O) groups is 2. The molecule has 3 aromatic rings. The number of methoxy groups -OCH3 is 1. The second kappa shape index (κ2) is 8.25. The Kier molecular flexibility index (Phi) is 5.80. The number of thiophene rings is 1. The van der Waals surface area contributed by atoms with Gasteiger partial charge in [-0.05, 0) is 42.6 Å². The Balaban J connectivity index is 1.57. The lowest BCUT2D eigenvalue weighted by Gasteiger charge is -2.12. The van der Waals surface area contributed by atoms with E-state index >= 15 is 0 Å². The summed E-state index contributed by atoms with van der Waals surface area (Å²) >= 11 is 3.08. The van der Waals surface area contributed by atoms with Crippen LogP contribution in [0.1, 0.15) is 23.0 Å². The van der Waals surface area contributed by atoms with Crippen molar-refractivity contribution < 1.29 is 19.1 Å². The largest absolute Gasteiger partial charge is 0.497 e. The number of aromatic nitrogens is 1. The molecule has 0 radical (unpaired) electrons. The lowest BCUT2D eigenvalue weighted by atomic mass is 10.1. The standard InChI is InChI=1S/C19H17NO4S2/c1-12(18(22)13-3-5-16(23-2)6-4-13)24-17(21)9-15-11-26-19(20-15)14-7-8-25-10-14/h3-8,10-12H,9H2,1-2H3/t12-/m1/s1. The molecule has 134 valence electrons. The zero-order valence-corrected chi connectivity index (χ0v) is 15.9. The second-order valence-corrected chi connectivity index (χ2v) is 7.20. The van der Waals surface area contributed by atoms with Crippen molar-refractivity contribution in [3.8, 4) is 16.3 Å². The third-order valence-electron chi connectivity index (χ3n) is 3.70. The number of thiazole rings is 1. The maximum Gasteiger partial charge on any atom is 0.312 e. The van der Waals surface area contributed by atoms with Crippen LogP contribution < -0.4 is 4.74 Å². The topological polar surface area (TPSA) is 65.5 Å². The van der Waals surface area contributed by atoms with Gasteiger partial charge in [-0.15, -0.1) is 11.3 Å². The van der Waals surface area contributed by atoms with Crippen molar-refractivity contribution in [2.45, 2.75) is 19.4 Å². The molecule has 1 aromatic carbocycles. The highest BCUT2D eigenvalue weighted by molar-refractivity contribution is 7.14. The predicted octanol–water partition coefficient (Wildman–Crippen LogP) is 4.24. The van der Waals surface area contributed by atoms with Gasteiger partial charge in [0.05, 0.1) is 19.2 Å². The molecule has 0 saturated carbocycles. The summed E-state index contributed by atoms with van der Waals surface area (Å²) in [5, 5.41) is 6.70. The Morgan fingerprint density at radius 2 is 1.92 bits per heavy atom. The molecule has 0 unspecified atom stereocenters. The Hall–Kier alpha value is -2.51. The molecular formula is C19H17NO4S2. The van der Waals surface area contributed by atoms with Gasteiger partial charge in [-0.1, -0.05) is 0 Å². The van der Waals surface area contributed by atoms with Gasteiger partial charge < -0.3 is 9.47 Å². The van der Waals surface area contributed by atoms with Gasteiger partial charge in [0.2, 0.25) is 5.78 Å². The van der Waals surface area contributed by atoms with Gasteiger partial charge in [-0.25, -0.2) is 4.98 Å². The first kappa shape index (κ1) is 18.3. The van der Waals surface area contributed by atoms with E-state index in [0.717, 1.165) is 10.6 Å². The number of ketones is 1. The first-order chi connectivity index (χ1) is 12.6. The number of hydrogen-bond donors (Lipinski definition) is 0. The molecule has 0 aliphatic rings. The highest BCUT2D eigenvalue weighted by Gasteiger charge is 2.20. The second-order valence-electron chi connectivity index (χ2n) is 5.56. The molecule has 1 atom stereocenters. The Morgan fingerprint density at radius 1 is 1.15 bits per heavy atom. The van der Waals surface area contributed by atoms with Crippen LogP contribution >= 0.6 is 22.7 Å². The lowest BCUT2D eigenvalue weighted by Crippen LogP contribution is -2.25. The number of hydrogen-bond acceptors (Lipinski definition) is 7. The molecule has 2 aromatic heterocycles. The first-order valence-electron chi connectivity index (χ1n) is 7.91. The van der Waals surface area contributed by atoms with Crippen molar-refractivity contribution in [2.75, 3.05) is 7.11 Å². The smallest absolute Gasteiger partial charge is 0.312 e. The molecule has 0 bridgehead atoms. The summed E-state index contributed by atoms with van der Waals surface area (Å²) in [6.45, 7) is 1.57. The number of benzene rings is 1. The van der Waals surface area contributed by atoms with E-state index in [-0.39, 0.29) is 12.2 Å². The van der Waals surface area contributed by atoms with Crippen LogP contribution in [0.15, 0.2) is 46.5 Å². The molecule has 0 aliphatic heterocycles. The van der Waals surface area contributed by atoms with Crippen molar-refractivity contribution in [3.63, 3.8) is 0 Å². The summed E-state index contributed by atoms with van der Waals surface area (Å²) in [7, 11) is 1.56. The average Bonchev–Trinajstić information content (AvgIpc) is 3.32. The molecular weight excluding hydrogens is 370 g/mol. The van der Waals surface area contributed by atoms with E-state index in [1.54, 1.807) is 49.6 Å². The summed E-state index contributed by atoms with van der Waals surface area (Å²) in [6, 6.07) is 8.69. The molecule has 0 spiro atoms. The Labute approximate surface area is 159 Å². The molecule has 0 fully saturated rings. The summed E-state index contributed by atoms with van der Waals surface area (Å²) in [4.78, 5) is 28.9. The van der Waals surface area contributed by atoms with Crippen LogP contribution in [0.3, 0.4) is 0 Å².